The van der Waals surface area contributed by atoms with E-state index in [1.54, 1.807) is 37.3 Å². The summed E-state index contributed by atoms with van der Waals surface area (Å²) in [5, 5.41) is 3.98. The van der Waals surface area contributed by atoms with Crippen molar-refractivity contribution in [3.8, 4) is 11.3 Å². The van der Waals surface area contributed by atoms with Gasteiger partial charge in [0.05, 0.1) is 28.9 Å². The van der Waals surface area contributed by atoms with Crippen LogP contribution < -0.4 is 5.43 Å². The predicted octanol–water partition coefficient (Wildman–Crippen LogP) is 4.16. The molecule has 1 aromatic heterocycles. The number of nitrogens with zero attached hydrogens (tertiary/aromatic N) is 1. The van der Waals surface area contributed by atoms with Crippen LogP contribution in [0.2, 0.25) is 0 Å². The first-order chi connectivity index (χ1) is 13.5. The molecule has 148 valence electrons. The highest BCUT2D eigenvalue weighted by Crippen LogP contribution is 2.45. The second-order valence-corrected chi connectivity index (χ2v) is 9.75. The van der Waals surface area contributed by atoms with E-state index in [2.05, 4.69) is 17.5 Å². The largest absolute Gasteiger partial charge is 0.462 e. The Morgan fingerprint density at radius 2 is 1.93 bits per heavy atom. The standard InChI is InChI=1S/C20H22N2O4S2/c1-3-25-19(24)15-6-4-14(5-7-15)17-9-8-16(26-17)13-21-22-18(23)12-20(2)27-10-11-28-20/h4-9,13H,3,10-12H2,1-2H3,(H,22,23)/b21-13-. The lowest BCUT2D eigenvalue weighted by molar-refractivity contribution is -0.121. The molecule has 1 amide bonds. The van der Waals surface area contributed by atoms with Gasteiger partial charge in [-0.05, 0) is 38.1 Å². The molecule has 1 saturated heterocycles. The minimum absolute atomic E-state index is 0.0623. The Bertz CT molecular complexity index is 855. The molecule has 0 atom stereocenters. The molecule has 0 radical (unpaired) electrons. The third-order valence-electron chi connectivity index (χ3n) is 4.07. The summed E-state index contributed by atoms with van der Waals surface area (Å²) < 4.78 is 10.6. The first-order valence-corrected chi connectivity index (χ1v) is 10.9. The van der Waals surface area contributed by atoms with Crippen LogP contribution in [0, 0.1) is 0 Å². The van der Waals surface area contributed by atoms with Crippen LogP contribution in [0.3, 0.4) is 0 Å². The van der Waals surface area contributed by atoms with Crippen molar-refractivity contribution in [2.45, 2.75) is 24.3 Å². The molecule has 3 rings (SSSR count). The number of carbonyl (C=O) groups is 2. The quantitative estimate of drug-likeness (QED) is 0.413. The molecule has 1 aliphatic heterocycles. The Morgan fingerprint density at radius 3 is 2.61 bits per heavy atom. The number of hydrogen-bond donors (Lipinski definition) is 1. The van der Waals surface area contributed by atoms with E-state index in [9.17, 15) is 9.59 Å². The average Bonchev–Trinajstić information content (AvgIpc) is 3.31. The Labute approximate surface area is 172 Å². The highest BCUT2D eigenvalue weighted by atomic mass is 32.2. The molecule has 0 spiro atoms. The zero-order valence-electron chi connectivity index (χ0n) is 15.8. The van der Waals surface area contributed by atoms with Crippen LogP contribution in [0.1, 0.15) is 36.4 Å². The number of hydrogen-bond acceptors (Lipinski definition) is 7. The Morgan fingerprint density at radius 1 is 1.21 bits per heavy atom. The maximum absolute atomic E-state index is 12.0. The number of rotatable bonds is 7. The van der Waals surface area contributed by atoms with Gasteiger partial charge >= 0.3 is 5.97 Å². The lowest BCUT2D eigenvalue weighted by Crippen LogP contribution is -2.26. The molecular formula is C20H22N2O4S2. The first kappa shape index (κ1) is 20.5. The minimum Gasteiger partial charge on any atom is -0.462 e. The van der Waals surface area contributed by atoms with Crippen LogP contribution in [0.15, 0.2) is 45.9 Å². The van der Waals surface area contributed by atoms with Crippen LogP contribution in [0.25, 0.3) is 11.3 Å². The van der Waals surface area contributed by atoms with E-state index in [0.717, 1.165) is 17.1 Å². The summed E-state index contributed by atoms with van der Waals surface area (Å²) in [4.78, 5) is 23.7. The second kappa shape index (κ2) is 9.34. The Balaban J connectivity index is 1.55. The van der Waals surface area contributed by atoms with Gasteiger partial charge in [0.1, 0.15) is 11.5 Å². The zero-order valence-corrected chi connectivity index (χ0v) is 17.4. The number of amides is 1. The van der Waals surface area contributed by atoms with Gasteiger partial charge in [-0.1, -0.05) is 12.1 Å². The van der Waals surface area contributed by atoms with Crippen molar-refractivity contribution >= 4 is 41.6 Å². The van der Waals surface area contributed by atoms with Crippen LogP contribution in [-0.2, 0) is 9.53 Å². The molecule has 1 fully saturated rings. The van der Waals surface area contributed by atoms with Gasteiger partial charge in [-0.3, -0.25) is 4.79 Å². The molecule has 1 aliphatic rings. The Kier molecular flexibility index (Phi) is 6.85. The molecule has 0 saturated carbocycles. The van der Waals surface area contributed by atoms with E-state index in [4.69, 9.17) is 9.15 Å². The maximum Gasteiger partial charge on any atom is 0.338 e. The number of esters is 1. The van der Waals surface area contributed by atoms with Crippen molar-refractivity contribution in [2.75, 3.05) is 18.1 Å². The molecular weight excluding hydrogens is 396 g/mol. The number of benzene rings is 1. The number of furan rings is 1. The van der Waals surface area contributed by atoms with Crippen molar-refractivity contribution in [1.29, 1.82) is 0 Å². The summed E-state index contributed by atoms with van der Waals surface area (Å²) in [5.74, 6) is 2.87. The lowest BCUT2D eigenvalue weighted by Gasteiger charge is -2.19. The topological polar surface area (TPSA) is 80.9 Å². The van der Waals surface area contributed by atoms with E-state index >= 15 is 0 Å². The van der Waals surface area contributed by atoms with Crippen LogP contribution >= 0.6 is 23.5 Å². The average molecular weight is 419 g/mol. The minimum atomic E-state index is -0.347. The normalized spacial score (nSPS) is 15.6. The third kappa shape index (κ3) is 5.42. The fourth-order valence-electron chi connectivity index (χ4n) is 2.72. The monoisotopic (exact) mass is 418 g/mol. The Hall–Kier alpha value is -2.19. The molecule has 1 N–H and O–H groups in total. The highest BCUT2D eigenvalue weighted by molar-refractivity contribution is 8.21. The summed E-state index contributed by atoms with van der Waals surface area (Å²) in [6, 6.07) is 10.6. The fraction of sp³-hybridized carbons (Fsp3) is 0.350. The van der Waals surface area contributed by atoms with Gasteiger partial charge in [-0.15, -0.1) is 23.5 Å². The number of carbonyl (C=O) groups excluding carboxylic acids is 2. The van der Waals surface area contributed by atoms with E-state index in [1.807, 2.05) is 29.6 Å². The van der Waals surface area contributed by atoms with Gasteiger partial charge in [0.25, 0.3) is 0 Å². The maximum atomic E-state index is 12.0. The van der Waals surface area contributed by atoms with Gasteiger partial charge in [0.15, 0.2) is 0 Å². The summed E-state index contributed by atoms with van der Waals surface area (Å²) in [5.41, 5.74) is 3.88. The molecule has 0 bridgehead atoms. The lowest BCUT2D eigenvalue weighted by atomic mass is 10.1. The van der Waals surface area contributed by atoms with Crippen LogP contribution in [0.4, 0.5) is 0 Å². The van der Waals surface area contributed by atoms with Gasteiger partial charge in [-0.2, -0.15) is 5.10 Å². The number of hydrazone groups is 1. The summed E-state index contributed by atoms with van der Waals surface area (Å²) in [6.07, 6.45) is 1.90. The smallest absolute Gasteiger partial charge is 0.338 e. The molecule has 28 heavy (non-hydrogen) atoms. The van der Waals surface area contributed by atoms with Crippen LogP contribution in [0.5, 0.6) is 0 Å². The summed E-state index contributed by atoms with van der Waals surface area (Å²) in [7, 11) is 0. The number of thioether (sulfide) groups is 2. The summed E-state index contributed by atoms with van der Waals surface area (Å²) >= 11 is 3.62. The number of nitrogens with one attached hydrogen (secondary N) is 1. The molecule has 0 unspecified atom stereocenters. The van der Waals surface area contributed by atoms with E-state index in [0.29, 0.717) is 30.1 Å². The van der Waals surface area contributed by atoms with E-state index < -0.39 is 0 Å². The first-order valence-electron chi connectivity index (χ1n) is 8.96. The van der Waals surface area contributed by atoms with Crippen molar-refractivity contribution in [1.82, 2.24) is 5.43 Å². The fourth-order valence-corrected chi connectivity index (χ4v) is 5.55. The van der Waals surface area contributed by atoms with Crippen LogP contribution in [-0.4, -0.2) is 40.3 Å². The number of ether oxygens (including phenoxy) is 1. The highest BCUT2D eigenvalue weighted by Gasteiger charge is 2.32. The molecule has 6 nitrogen and oxygen atoms in total. The van der Waals surface area contributed by atoms with Crippen molar-refractivity contribution in [3.63, 3.8) is 0 Å². The van der Waals surface area contributed by atoms with E-state index in [1.165, 1.54) is 6.21 Å². The second-order valence-electron chi connectivity index (χ2n) is 6.30. The summed E-state index contributed by atoms with van der Waals surface area (Å²) in [6.45, 7) is 4.20. The van der Waals surface area contributed by atoms with Crippen molar-refractivity contribution < 1.29 is 18.7 Å². The van der Waals surface area contributed by atoms with Gasteiger partial charge in [0, 0.05) is 17.1 Å². The van der Waals surface area contributed by atoms with Gasteiger partial charge < -0.3 is 9.15 Å². The molecule has 0 aliphatic carbocycles. The zero-order chi connectivity index (χ0) is 20.0. The van der Waals surface area contributed by atoms with Gasteiger partial charge in [-0.25, -0.2) is 10.2 Å². The van der Waals surface area contributed by atoms with Crippen molar-refractivity contribution in [2.24, 2.45) is 5.10 Å². The van der Waals surface area contributed by atoms with E-state index in [-0.39, 0.29) is 16.0 Å². The molecule has 1 aromatic carbocycles. The predicted molar refractivity (Wildman–Crippen MR) is 114 cm³/mol. The SMILES string of the molecule is CCOC(=O)c1ccc(-c2ccc(/C=N\NC(=O)CC3(C)SCCS3)o2)cc1. The molecule has 2 heterocycles. The molecule has 2 aromatic rings. The van der Waals surface area contributed by atoms with Gasteiger partial charge in [0.2, 0.25) is 5.91 Å². The third-order valence-corrected chi connectivity index (χ3v) is 7.36. The molecule has 8 heteroatoms. The van der Waals surface area contributed by atoms with Crippen molar-refractivity contribution in [3.05, 3.63) is 47.7 Å².